The van der Waals surface area contributed by atoms with Gasteiger partial charge in [-0.25, -0.2) is 4.39 Å². The van der Waals surface area contributed by atoms with E-state index < -0.39 is 5.82 Å². The minimum absolute atomic E-state index is 0. The lowest BCUT2D eigenvalue weighted by molar-refractivity contribution is 0.197. The van der Waals surface area contributed by atoms with Gasteiger partial charge in [0.05, 0.1) is 16.1 Å². The molecular formula is C13H18BrCl2FN2O. The van der Waals surface area contributed by atoms with Gasteiger partial charge in [0.1, 0.15) is 11.6 Å². The summed E-state index contributed by atoms with van der Waals surface area (Å²) < 4.78 is 14.5. The minimum Gasteiger partial charge on any atom is -0.506 e. The number of nitrogens with zero attached hydrogens (tertiary/aromatic N) is 1. The molecule has 114 valence electrons. The lowest BCUT2D eigenvalue weighted by Gasteiger charge is -2.33. The summed E-state index contributed by atoms with van der Waals surface area (Å²) in [6, 6.07) is 2.56. The van der Waals surface area contributed by atoms with E-state index in [1.807, 2.05) is 0 Å². The average Bonchev–Trinajstić information content (AvgIpc) is 2.40. The Balaban J connectivity index is 0.00000180. The van der Waals surface area contributed by atoms with Crippen LogP contribution in [0.2, 0.25) is 0 Å². The molecule has 1 atom stereocenters. The maximum atomic E-state index is 14.0. The van der Waals surface area contributed by atoms with Gasteiger partial charge in [0, 0.05) is 26.2 Å². The van der Waals surface area contributed by atoms with Gasteiger partial charge >= 0.3 is 0 Å². The Hall–Kier alpha value is -0.330. The van der Waals surface area contributed by atoms with Crippen molar-refractivity contribution in [3.63, 3.8) is 0 Å². The van der Waals surface area contributed by atoms with Crippen LogP contribution in [-0.2, 0) is 0 Å². The summed E-state index contributed by atoms with van der Waals surface area (Å²) >= 11 is 3.22. The zero-order valence-electron chi connectivity index (χ0n) is 10.8. The Morgan fingerprint density at radius 1 is 1.35 bits per heavy atom. The topological polar surface area (TPSA) is 35.5 Å². The highest BCUT2D eigenvalue weighted by molar-refractivity contribution is 9.10. The van der Waals surface area contributed by atoms with Crippen molar-refractivity contribution in [1.29, 1.82) is 0 Å². The molecule has 20 heavy (non-hydrogen) atoms. The molecule has 2 rings (SSSR count). The van der Waals surface area contributed by atoms with E-state index in [-0.39, 0.29) is 36.6 Å². The van der Waals surface area contributed by atoms with Gasteiger partial charge < -0.3 is 10.4 Å². The smallest absolute Gasteiger partial charge is 0.137 e. The third kappa shape index (κ3) is 4.09. The maximum Gasteiger partial charge on any atom is 0.137 e. The van der Waals surface area contributed by atoms with Crippen LogP contribution in [0, 0.1) is 5.82 Å². The molecule has 1 heterocycles. The fraction of sp³-hybridized carbons (Fsp3) is 0.385. The number of hydrogen-bond donors (Lipinski definition) is 2. The second kappa shape index (κ2) is 8.85. The molecular weight excluding hydrogens is 370 g/mol. The number of halogens is 4. The zero-order chi connectivity index (χ0) is 13.1. The minimum atomic E-state index is -0.404. The molecule has 1 saturated heterocycles. The molecule has 0 amide bonds. The SMILES string of the molecule is C=C[C@H](c1c(F)ccc(Br)c1O)N1CCNCC1.Cl.Cl. The van der Waals surface area contributed by atoms with Gasteiger partial charge in [-0.05, 0) is 28.1 Å². The van der Waals surface area contributed by atoms with E-state index in [0.29, 0.717) is 10.0 Å². The predicted molar refractivity (Wildman–Crippen MR) is 87.6 cm³/mol. The van der Waals surface area contributed by atoms with Crippen molar-refractivity contribution >= 4 is 40.7 Å². The van der Waals surface area contributed by atoms with Gasteiger partial charge in [0.2, 0.25) is 0 Å². The molecule has 2 N–H and O–H groups in total. The molecule has 7 heteroatoms. The zero-order valence-corrected chi connectivity index (χ0v) is 14.0. The van der Waals surface area contributed by atoms with Crippen molar-refractivity contribution in [2.24, 2.45) is 0 Å². The summed E-state index contributed by atoms with van der Waals surface area (Å²) in [6.45, 7) is 7.11. The Bertz CT molecular complexity index is 456. The first-order valence-corrected chi connectivity index (χ1v) is 6.68. The van der Waals surface area contributed by atoms with Crippen LogP contribution < -0.4 is 5.32 Å². The van der Waals surface area contributed by atoms with E-state index in [4.69, 9.17) is 0 Å². The van der Waals surface area contributed by atoms with Crippen LogP contribution in [0.4, 0.5) is 4.39 Å². The van der Waals surface area contributed by atoms with E-state index in [0.717, 1.165) is 26.2 Å². The van der Waals surface area contributed by atoms with E-state index in [9.17, 15) is 9.50 Å². The third-order valence-electron chi connectivity index (χ3n) is 3.18. The van der Waals surface area contributed by atoms with Crippen LogP contribution in [0.3, 0.4) is 0 Å². The first-order chi connectivity index (χ1) is 8.65. The molecule has 1 aliphatic rings. The summed E-state index contributed by atoms with van der Waals surface area (Å²) in [5.74, 6) is -0.447. The molecule has 0 spiro atoms. The van der Waals surface area contributed by atoms with Crippen molar-refractivity contribution in [2.45, 2.75) is 6.04 Å². The highest BCUT2D eigenvalue weighted by Gasteiger charge is 2.25. The second-order valence-electron chi connectivity index (χ2n) is 4.26. The average molecular weight is 388 g/mol. The van der Waals surface area contributed by atoms with E-state index in [1.165, 1.54) is 12.1 Å². The maximum absolute atomic E-state index is 14.0. The van der Waals surface area contributed by atoms with Gasteiger partial charge in [-0.2, -0.15) is 0 Å². The number of nitrogens with one attached hydrogen (secondary N) is 1. The molecule has 1 aromatic carbocycles. The number of phenols is 1. The Morgan fingerprint density at radius 2 is 1.95 bits per heavy atom. The molecule has 0 bridgehead atoms. The molecule has 0 radical (unpaired) electrons. The van der Waals surface area contributed by atoms with Crippen molar-refractivity contribution < 1.29 is 9.50 Å². The molecule has 0 saturated carbocycles. The standard InChI is InChI=1S/C13H16BrFN2O.2ClH/c1-2-11(17-7-5-16-6-8-17)12-10(15)4-3-9(14)13(12)18;;/h2-4,11,16,18H,1,5-8H2;2*1H/t11-;;/m1../s1. The fourth-order valence-corrected chi connectivity index (χ4v) is 2.59. The summed E-state index contributed by atoms with van der Waals surface area (Å²) in [4.78, 5) is 2.11. The Kier molecular flexibility index (Phi) is 8.70. The number of benzene rings is 1. The predicted octanol–water partition coefficient (Wildman–Crippen LogP) is 3.27. The van der Waals surface area contributed by atoms with Gasteiger partial charge in [-0.3, -0.25) is 4.90 Å². The largest absolute Gasteiger partial charge is 0.506 e. The van der Waals surface area contributed by atoms with Gasteiger partial charge in [0.15, 0.2) is 0 Å². The van der Waals surface area contributed by atoms with Gasteiger partial charge in [0.25, 0.3) is 0 Å². The molecule has 0 aliphatic carbocycles. The first-order valence-electron chi connectivity index (χ1n) is 5.89. The Labute approximate surface area is 139 Å². The van der Waals surface area contributed by atoms with Gasteiger partial charge in [-0.15, -0.1) is 31.4 Å². The summed E-state index contributed by atoms with van der Waals surface area (Å²) in [6.07, 6.45) is 1.68. The third-order valence-corrected chi connectivity index (χ3v) is 3.82. The number of rotatable bonds is 3. The van der Waals surface area contributed by atoms with Crippen molar-refractivity contribution in [1.82, 2.24) is 10.2 Å². The lowest BCUT2D eigenvalue weighted by atomic mass is 10.0. The van der Waals surface area contributed by atoms with Crippen LogP contribution in [0.1, 0.15) is 11.6 Å². The summed E-state index contributed by atoms with van der Waals surface area (Å²) in [7, 11) is 0. The monoisotopic (exact) mass is 386 g/mol. The van der Waals surface area contributed by atoms with Crippen molar-refractivity contribution in [2.75, 3.05) is 26.2 Å². The number of phenolic OH excluding ortho intramolecular Hbond substituents is 1. The molecule has 0 aromatic heterocycles. The molecule has 3 nitrogen and oxygen atoms in total. The number of aromatic hydroxyl groups is 1. The quantitative estimate of drug-likeness (QED) is 0.781. The van der Waals surface area contributed by atoms with E-state index in [1.54, 1.807) is 6.08 Å². The van der Waals surface area contributed by atoms with Crippen LogP contribution in [0.25, 0.3) is 0 Å². The van der Waals surface area contributed by atoms with Crippen LogP contribution in [0.15, 0.2) is 29.3 Å². The van der Waals surface area contributed by atoms with Crippen LogP contribution >= 0.6 is 40.7 Å². The molecule has 1 fully saturated rings. The number of piperazine rings is 1. The highest BCUT2D eigenvalue weighted by Crippen LogP contribution is 2.37. The molecule has 0 unspecified atom stereocenters. The normalized spacial score (nSPS) is 16.7. The van der Waals surface area contributed by atoms with E-state index in [2.05, 4.69) is 32.7 Å². The fourth-order valence-electron chi connectivity index (χ4n) is 2.25. The van der Waals surface area contributed by atoms with Crippen molar-refractivity contribution in [3.8, 4) is 5.75 Å². The summed E-state index contributed by atoms with van der Waals surface area (Å²) in [5.41, 5.74) is 0.293. The van der Waals surface area contributed by atoms with Crippen LogP contribution in [-0.4, -0.2) is 36.2 Å². The van der Waals surface area contributed by atoms with Crippen molar-refractivity contribution in [3.05, 3.63) is 40.6 Å². The highest BCUT2D eigenvalue weighted by atomic mass is 79.9. The molecule has 1 aromatic rings. The lowest BCUT2D eigenvalue weighted by Crippen LogP contribution is -2.44. The summed E-state index contributed by atoms with van der Waals surface area (Å²) in [5, 5.41) is 13.3. The molecule has 1 aliphatic heterocycles. The van der Waals surface area contributed by atoms with Gasteiger partial charge in [-0.1, -0.05) is 6.08 Å². The second-order valence-corrected chi connectivity index (χ2v) is 5.11. The van der Waals surface area contributed by atoms with E-state index >= 15 is 0 Å². The number of hydrogen-bond acceptors (Lipinski definition) is 3. The first kappa shape index (κ1) is 19.7. The Morgan fingerprint density at radius 3 is 2.50 bits per heavy atom. The van der Waals surface area contributed by atoms with Crippen LogP contribution in [0.5, 0.6) is 5.75 Å².